The van der Waals surface area contributed by atoms with Gasteiger partial charge in [-0.25, -0.2) is 4.79 Å². The van der Waals surface area contributed by atoms with Crippen LogP contribution in [0.2, 0.25) is 0 Å². The zero-order valence-corrected chi connectivity index (χ0v) is 19.5. The van der Waals surface area contributed by atoms with E-state index in [0.29, 0.717) is 19.3 Å². The molecule has 6 rings (SSSR count). The van der Waals surface area contributed by atoms with Crippen molar-refractivity contribution in [2.45, 2.75) is 113 Å². The average Bonchev–Trinajstić information content (AvgIpc) is 3.09. The Morgan fingerprint density at radius 2 is 1.71 bits per heavy atom. The lowest BCUT2D eigenvalue weighted by molar-refractivity contribution is -0.341. The summed E-state index contributed by atoms with van der Waals surface area (Å²) in [5.41, 5.74) is 11.7. The van der Waals surface area contributed by atoms with E-state index in [0.717, 1.165) is 32.1 Å². The minimum atomic E-state index is -1.77. The normalized spacial score (nSPS) is 51.0. The molecular weight excluding hydrogens is 446 g/mol. The molecule has 6 aliphatic rings. The number of carboxylic acids is 1. The third kappa shape index (κ3) is 3.76. The molecule has 0 radical (unpaired) electrons. The van der Waals surface area contributed by atoms with Gasteiger partial charge in [0.25, 0.3) is 0 Å². The van der Waals surface area contributed by atoms with E-state index in [1.165, 1.54) is 0 Å². The van der Waals surface area contributed by atoms with Gasteiger partial charge in [0, 0.05) is 6.04 Å². The van der Waals surface area contributed by atoms with E-state index in [1.807, 2.05) is 6.92 Å². The van der Waals surface area contributed by atoms with Crippen molar-refractivity contribution in [2.24, 2.45) is 28.7 Å². The summed E-state index contributed by atoms with van der Waals surface area (Å²) in [6.07, 6.45) is -2.45. The maximum absolute atomic E-state index is 13.5. The molecule has 11 nitrogen and oxygen atoms in total. The third-order valence-electron chi connectivity index (χ3n) is 9.12. The minimum absolute atomic E-state index is 0.0410. The van der Waals surface area contributed by atoms with E-state index in [9.17, 15) is 30.0 Å². The summed E-state index contributed by atoms with van der Waals surface area (Å²) >= 11 is 0. The van der Waals surface area contributed by atoms with Gasteiger partial charge < -0.3 is 46.3 Å². The molecule has 2 aliphatic heterocycles. The molecule has 0 aromatic carbocycles. The van der Waals surface area contributed by atoms with Crippen LogP contribution in [0.4, 0.5) is 0 Å². The maximum Gasteiger partial charge on any atom is 0.335 e. The van der Waals surface area contributed by atoms with Crippen molar-refractivity contribution in [3.05, 3.63) is 0 Å². The number of rotatable bonds is 5. The van der Waals surface area contributed by atoms with Gasteiger partial charge in [-0.3, -0.25) is 4.79 Å². The Morgan fingerprint density at radius 1 is 1.06 bits per heavy atom. The van der Waals surface area contributed by atoms with Gasteiger partial charge >= 0.3 is 5.97 Å². The lowest BCUT2D eigenvalue weighted by Gasteiger charge is -2.63. The van der Waals surface area contributed by atoms with E-state index < -0.39 is 53.7 Å². The van der Waals surface area contributed by atoms with Crippen LogP contribution in [-0.2, 0) is 19.1 Å². The number of likely N-dealkylation sites (tertiary alicyclic amines) is 1. The zero-order valence-electron chi connectivity index (χ0n) is 19.5. The number of aliphatic carboxylic acids is 1. The Kier molecular flexibility index (Phi) is 5.99. The van der Waals surface area contributed by atoms with Gasteiger partial charge in [-0.2, -0.15) is 0 Å². The number of aliphatic hydroxyl groups is 3. The number of hydrogen-bond acceptors (Lipinski definition) is 9. The molecule has 4 bridgehead atoms. The van der Waals surface area contributed by atoms with E-state index in [2.05, 4.69) is 0 Å². The highest BCUT2D eigenvalue weighted by Crippen LogP contribution is 2.64. The number of carboxylic acid groups (broad SMARTS) is 1. The fourth-order valence-electron chi connectivity index (χ4n) is 7.97. The van der Waals surface area contributed by atoms with Crippen molar-refractivity contribution in [1.82, 2.24) is 4.90 Å². The maximum atomic E-state index is 13.5. The standard InChI is InChI=1S/C23H37N3O8/c1-10-2-3-13(24)26(10)19(30)18(25)22-5-11-4-12(6-22)8-23(7-11,9-22)34-21-16(29)14(27)15(28)17(33-21)20(31)32/h10-18,21,27-29H,2-9,24-25H2,1H3,(H,31,32)/t10-,11?,12?,13-,14+,15+,16-,17+,18-,21+,22?,23?/m1/s1. The predicted octanol–water partition coefficient (Wildman–Crippen LogP) is -1.14. The van der Waals surface area contributed by atoms with E-state index in [1.54, 1.807) is 4.90 Å². The highest BCUT2D eigenvalue weighted by molar-refractivity contribution is 5.83. The van der Waals surface area contributed by atoms with Crippen molar-refractivity contribution in [3.63, 3.8) is 0 Å². The first-order chi connectivity index (χ1) is 16.0. The molecule has 2 heterocycles. The average molecular weight is 484 g/mol. The highest BCUT2D eigenvalue weighted by atomic mass is 16.7. The number of hydrogen-bond donors (Lipinski definition) is 6. The number of carbonyl (C=O) groups excluding carboxylic acids is 1. The van der Waals surface area contributed by atoms with Crippen LogP contribution in [-0.4, -0.2) is 91.8 Å². The fourth-order valence-corrected chi connectivity index (χ4v) is 7.97. The van der Waals surface area contributed by atoms with Crippen molar-refractivity contribution < 1.29 is 39.5 Å². The van der Waals surface area contributed by atoms with Gasteiger partial charge in [0.15, 0.2) is 12.4 Å². The zero-order chi connectivity index (χ0) is 24.6. The van der Waals surface area contributed by atoms with Gasteiger partial charge in [0.05, 0.1) is 17.8 Å². The van der Waals surface area contributed by atoms with Crippen LogP contribution in [0.1, 0.15) is 58.3 Å². The molecule has 10 atom stereocenters. The fraction of sp³-hybridized carbons (Fsp3) is 0.913. The second kappa shape index (κ2) is 8.36. The largest absolute Gasteiger partial charge is 0.479 e. The molecule has 2 unspecified atom stereocenters. The van der Waals surface area contributed by atoms with Gasteiger partial charge in [-0.15, -0.1) is 0 Å². The second-order valence-electron chi connectivity index (χ2n) is 11.6. The smallest absolute Gasteiger partial charge is 0.335 e. The van der Waals surface area contributed by atoms with E-state index >= 15 is 0 Å². The van der Waals surface area contributed by atoms with E-state index in [4.69, 9.17) is 20.9 Å². The molecule has 1 amide bonds. The van der Waals surface area contributed by atoms with Crippen molar-refractivity contribution in [1.29, 1.82) is 0 Å². The first-order valence-corrected chi connectivity index (χ1v) is 12.4. The van der Waals surface area contributed by atoms with Crippen LogP contribution in [0.15, 0.2) is 0 Å². The lowest BCUT2D eigenvalue weighted by Crippen LogP contribution is -2.68. The first-order valence-electron chi connectivity index (χ1n) is 12.4. The first kappa shape index (κ1) is 24.4. The monoisotopic (exact) mass is 483 g/mol. The minimum Gasteiger partial charge on any atom is -0.479 e. The topological polar surface area (TPSA) is 189 Å². The molecule has 11 heteroatoms. The van der Waals surface area contributed by atoms with Crippen molar-refractivity contribution in [3.8, 4) is 0 Å². The molecule has 8 N–H and O–H groups in total. The summed E-state index contributed by atoms with van der Waals surface area (Å²) in [6.45, 7) is 1.99. The molecule has 34 heavy (non-hydrogen) atoms. The number of nitrogens with two attached hydrogens (primary N) is 2. The molecule has 0 aromatic rings. The van der Waals surface area contributed by atoms with Crippen LogP contribution in [0, 0.1) is 17.3 Å². The number of carbonyl (C=O) groups is 2. The summed E-state index contributed by atoms with van der Waals surface area (Å²) in [4.78, 5) is 26.8. The summed E-state index contributed by atoms with van der Waals surface area (Å²) in [5, 5.41) is 40.1. The Labute approximate surface area is 198 Å². The van der Waals surface area contributed by atoms with Gasteiger partial charge in [-0.1, -0.05) is 0 Å². The summed E-state index contributed by atoms with van der Waals surface area (Å²) < 4.78 is 11.7. The Bertz CT molecular complexity index is 817. The predicted molar refractivity (Wildman–Crippen MR) is 117 cm³/mol. The number of amides is 1. The Balaban J connectivity index is 1.38. The Morgan fingerprint density at radius 3 is 2.26 bits per heavy atom. The van der Waals surface area contributed by atoms with Gasteiger partial charge in [0.1, 0.15) is 18.3 Å². The van der Waals surface area contributed by atoms with Crippen LogP contribution < -0.4 is 11.5 Å². The quantitative estimate of drug-likeness (QED) is 0.279. The van der Waals surface area contributed by atoms with E-state index in [-0.39, 0.29) is 30.0 Å². The molecule has 192 valence electrons. The van der Waals surface area contributed by atoms with Gasteiger partial charge in [-0.05, 0) is 75.5 Å². The molecule has 4 saturated carbocycles. The molecule has 0 spiro atoms. The SMILES string of the molecule is C[C@@H]1CC[C@H](N)N1C(=O)[C@@H](N)C12CC3CC(CC(O[C@@H]4O[C@H](C(=O)O)[C@@H](O)[C@H](O)[C@H]4O)(C3)C1)C2. The summed E-state index contributed by atoms with van der Waals surface area (Å²) in [5.74, 6) is -1.00. The second-order valence-corrected chi connectivity index (χ2v) is 11.6. The lowest BCUT2D eigenvalue weighted by atomic mass is 9.46. The molecule has 0 aromatic heterocycles. The van der Waals surface area contributed by atoms with Crippen LogP contribution >= 0.6 is 0 Å². The number of aliphatic hydroxyl groups excluding tert-OH is 3. The third-order valence-corrected chi connectivity index (χ3v) is 9.12. The van der Waals surface area contributed by atoms with Crippen molar-refractivity contribution >= 4 is 11.9 Å². The Hall–Kier alpha value is -1.34. The molecule has 2 saturated heterocycles. The highest BCUT2D eigenvalue weighted by Gasteiger charge is 2.63. The van der Waals surface area contributed by atoms with Crippen molar-refractivity contribution in [2.75, 3.05) is 0 Å². The summed E-state index contributed by atoms with van der Waals surface area (Å²) in [6, 6.07) is -0.691. The number of ether oxygens (including phenoxy) is 2. The molecular formula is C23H37N3O8. The van der Waals surface area contributed by atoms with Crippen LogP contribution in [0.25, 0.3) is 0 Å². The number of nitrogens with zero attached hydrogens (tertiary/aromatic N) is 1. The summed E-state index contributed by atoms with van der Waals surface area (Å²) in [7, 11) is 0. The molecule has 4 aliphatic carbocycles. The van der Waals surface area contributed by atoms with Crippen LogP contribution in [0.5, 0.6) is 0 Å². The van der Waals surface area contributed by atoms with Crippen LogP contribution in [0.3, 0.4) is 0 Å². The van der Waals surface area contributed by atoms with Gasteiger partial charge in [0.2, 0.25) is 5.91 Å². The molecule has 6 fully saturated rings.